The van der Waals surface area contributed by atoms with Gasteiger partial charge in [-0.2, -0.15) is 0 Å². The van der Waals surface area contributed by atoms with Crippen LogP contribution in [0, 0.1) is 0 Å². The smallest absolute Gasteiger partial charge is 0.320 e. The molecule has 170 valence electrons. The first-order valence-electron chi connectivity index (χ1n) is 12.4. The Labute approximate surface area is 178 Å². The highest BCUT2D eigenvalue weighted by molar-refractivity contribution is 6.44. The van der Waals surface area contributed by atoms with Crippen molar-refractivity contribution in [3.63, 3.8) is 0 Å². The van der Waals surface area contributed by atoms with E-state index < -0.39 is 9.28 Å². The predicted octanol–water partition coefficient (Wildman–Crippen LogP) is 6.25. The van der Waals surface area contributed by atoms with Gasteiger partial charge in [-0.1, -0.05) is 103 Å². The van der Waals surface area contributed by atoms with Crippen LogP contribution < -0.4 is 10.9 Å². The van der Waals surface area contributed by atoms with E-state index in [0.29, 0.717) is 0 Å². The largest absolute Gasteiger partial charge is 0.400 e. The summed E-state index contributed by atoms with van der Waals surface area (Å²) in [7, 11) is 2.15. The summed E-state index contributed by atoms with van der Waals surface area (Å²) in [5.41, 5.74) is 6.63. The Bertz CT molecular complexity index is 279. The molecule has 0 aliphatic heterocycles. The summed E-state index contributed by atoms with van der Waals surface area (Å²) < 4.78 is 10.6. The van der Waals surface area contributed by atoms with Gasteiger partial charge < -0.3 is 8.85 Å². The maximum absolute atomic E-state index is 5.31. The van der Waals surface area contributed by atoms with E-state index in [4.69, 9.17) is 8.85 Å². The van der Waals surface area contributed by atoms with E-state index in [0.717, 1.165) is 25.6 Å². The quantitative estimate of drug-likeness (QED) is 0.111. The molecule has 0 amide bonds. The first kappa shape index (κ1) is 28.1. The molecular weight excluding hydrogens is 364 g/mol. The lowest BCUT2D eigenvalue weighted by atomic mass is 10.0. The third-order valence-electron chi connectivity index (χ3n) is 5.55. The summed E-state index contributed by atoms with van der Waals surface area (Å²) in [6.45, 7) is 4.37. The van der Waals surface area contributed by atoms with Gasteiger partial charge in [0, 0.05) is 27.3 Å². The minimum absolute atomic E-state index is 0.995. The fourth-order valence-electron chi connectivity index (χ4n) is 3.63. The van der Waals surface area contributed by atoms with Gasteiger partial charge in [-0.15, -0.1) is 0 Å². The summed E-state index contributed by atoms with van der Waals surface area (Å²) in [4.78, 5) is 0. The first-order valence-corrected chi connectivity index (χ1v) is 14.1. The zero-order valence-corrected chi connectivity index (χ0v) is 20.7. The van der Waals surface area contributed by atoms with Gasteiger partial charge in [-0.25, -0.2) is 0 Å². The summed E-state index contributed by atoms with van der Waals surface area (Å²) in [5.74, 6) is 0. The molecule has 0 rings (SSSR count). The average molecular weight is 417 g/mol. The lowest BCUT2D eigenvalue weighted by molar-refractivity contribution is 0.276. The normalized spacial score (nSPS) is 11.6. The number of hydrazine groups is 1. The van der Waals surface area contributed by atoms with Crippen molar-refractivity contribution < 1.29 is 8.85 Å². The third-order valence-corrected chi connectivity index (χ3v) is 7.48. The van der Waals surface area contributed by atoms with Crippen LogP contribution in [0.5, 0.6) is 0 Å². The fraction of sp³-hybridized carbons (Fsp3) is 1.00. The maximum atomic E-state index is 5.31. The predicted molar refractivity (Wildman–Crippen MR) is 126 cm³/mol. The van der Waals surface area contributed by atoms with Gasteiger partial charge in [-0.3, -0.25) is 10.9 Å². The Morgan fingerprint density at radius 2 is 0.857 bits per heavy atom. The topological polar surface area (TPSA) is 42.5 Å². The van der Waals surface area contributed by atoms with E-state index >= 15 is 0 Å². The number of hydrogen-bond donors (Lipinski definition) is 2. The van der Waals surface area contributed by atoms with Gasteiger partial charge in [0.15, 0.2) is 0 Å². The van der Waals surface area contributed by atoms with Gasteiger partial charge in [0.05, 0.1) is 0 Å². The fourth-order valence-corrected chi connectivity index (χ4v) is 4.83. The van der Waals surface area contributed by atoms with Crippen LogP contribution in [-0.2, 0) is 8.85 Å². The van der Waals surface area contributed by atoms with Gasteiger partial charge in [-0.05, 0) is 18.9 Å². The molecule has 0 saturated heterocycles. The Kier molecular flexibility index (Phi) is 25.1. The monoisotopic (exact) mass is 416 g/mol. The molecule has 0 radical (unpaired) electrons. The maximum Gasteiger partial charge on any atom is 0.320 e. The zero-order valence-electron chi connectivity index (χ0n) is 19.5. The first-order chi connectivity index (χ1) is 13.8. The van der Waals surface area contributed by atoms with Crippen LogP contribution in [0.3, 0.4) is 0 Å². The minimum atomic E-state index is -1.36. The van der Waals surface area contributed by atoms with E-state index in [2.05, 4.69) is 17.8 Å². The van der Waals surface area contributed by atoms with Gasteiger partial charge in [0.2, 0.25) is 0 Å². The summed E-state index contributed by atoms with van der Waals surface area (Å²) in [6, 6.07) is 1.07. The molecular formula is C23H52N2O2Si. The van der Waals surface area contributed by atoms with Crippen molar-refractivity contribution in [3.8, 4) is 0 Å². The van der Waals surface area contributed by atoms with Crippen LogP contribution in [0.1, 0.15) is 116 Å². The highest BCUT2D eigenvalue weighted by atomic mass is 28.3. The lowest BCUT2D eigenvalue weighted by Gasteiger charge is -2.11. The van der Waals surface area contributed by atoms with Crippen molar-refractivity contribution in [3.05, 3.63) is 0 Å². The van der Waals surface area contributed by atoms with Gasteiger partial charge in [0.1, 0.15) is 0 Å². The molecule has 2 N–H and O–H groups in total. The second kappa shape index (κ2) is 25.1. The molecule has 0 fully saturated rings. The van der Waals surface area contributed by atoms with E-state index in [-0.39, 0.29) is 0 Å². The molecule has 0 unspecified atom stereocenters. The number of rotatable bonds is 24. The van der Waals surface area contributed by atoms with E-state index in [1.165, 1.54) is 103 Å². The van der Waals surface area contributed by atoms with Crippen LogP contribution in [0.2, 0.25) is 6.04 Å². The Hall–Kier alpha value is 0.0569. The van der Waals surface area contributed by atoms with E-state index in [9.17, 15) is 0 Å². The third kappa shape index (κ3) is 22.3. The number of nitrogens with one attached hydrogen (secondary N) is 2. The van der Waals surface area contributed by atoms with E-state index in [1.54, 1.807) is 14.2 Å². The Morgan fingerprint density at radius 1 is 0.500 bits per heavy atom. The molecule has 28 heavy (non-hydrogen) atoms. The van der Waals surface area contributed by atoms with Crippen LogP contribution in [0.25, 0.3) is 0 Å². The lowest BCUT2D eigenvalue weighted by Crippen LogP contribution is -2.34. The molecule has 0 aliphatic rings. The highest BCUT2D eigenvalue weighted by Gasteiger charge is 2.07. The second-order valence-electron chi connectivity index (χ2n) is 8.20. The second-order valence-corrected chi connectivity index (χ2v) is 10.6. The Morgan fingerprint density at radius 3 is 1.25 bits per heavy atom. The molecule has 0 heterocycles. The van der Waals surface area contributed by atoms with Gasteiger partial charge >= 0.3 is 9.28 Å². The van der Waals surface area contributed by atoms with Crippen molar-refractivity contribution in [2.75, 3.05) is 27.3 Å². The number of hydrogen-bond acceptors (Lipinski definition) is 4. The Balaban J connectivity index is 3.03. The molecule has 0 saturated carbocycles. The SMILES string of the molecule is CCCCCCCCCCCCCCCCCCNNCCC[SiH](OC)OC. The summed E-state index contributed by atoms with van der Waals surface area (Å²) >= 11 is 0. The molecule has 5 heteroatoms. The van der Waals surface area contributed by atoms with Crippen LogP contribution in [0.4, 0.5) is 0 Å². The molecule has 4 nitrogen and oxygen atoms in total. The molecule has 0 aromatic heterocycles. The molecule has 0 aromatic rings. The highest BCUT2D eigenvalue weighted by Crippen LogP contribution is 2.13. The van der Waals surface area contributed by atoms with Crippen LogP contribution in [0.15, 0.2) is 0 Å². The standard InChI is InChI=1S/C23H52N2O2Si/c1-4-5-6-7-8-9-10-11-12-13-14-15-16-17-18-19-21-24-25-22-20-23-28(26-2)27-3/h24-25,28H,4-23H2,1-3H3. The van der Waals surface area contributed by atoms with Crippen molar-refractivity contribution in [1.29, 1.82) is 0 Å². The molecule has 0 bridgehead atoms. The summed E-state index contributed by atoms with van der Waals surface area (Å²) in [6.07, 6.45) is 23.9. The van der Waals surface area contributed by atoms with Crippen LogP contribution in [-0.4, -0.2) is 36.6 Å². The van der Waals surface area contributed by atoms with Crippen molar-refractivity contribution in [2.45, 2.75) is 122 Å². The molecule has 0 aromatic carbocycles. The zero-order chi connectivity index (χ0) is 20.5. The molecule has 0 aliphatic carbocycles. The van der Waals surface area contributed by atoms with Gasteiger partial charge in [0.25, 0.3) is 0 Å². The summed E-state index contributed by atoms with van der Waals surface area (Å²) in [5, 5.41) is 0. The average Bonchev–Trinajstić information content (AvgIpc) is 2.72. The van der Waals surface area contributed by atoms with Crippen molar-refractivity contribution in [1.82, 2.24) is 10.9 Å². The van der Waals surface area contributed by atoms with E-state index in [1.807, 2.05) is 0 Å². The van der Waals surface area contributed by atoms with Crippen LogP contribution >= 0.6 is 0 Å². The number of unbranched alkanes of at least 4 members (excludes halogenated alkanes) is 15. The van der Waals surface area contributed by atoms with Crippen molar-refractivity contribution >= 4 is 9.28 Å². The van der Waals surface area contributed by atoms with Crippen molar-refractivity contribution in [2.24, 2.45) is 0 Å². The minimum Gasteiger partial charge on any atom is -0.400 e. The molecule has 0 atom stereocenters. The molecule has 0 spiro atoms.